The standard InChI is InChI=1S/C15H10ClN5S/c16-15-18-9-12-11(8-17-14(12)19-15)13-6-7-21(20-13)22-10-4-2-1-3-5-10/h1-9H,(H,17,18,19). The molecule has 4 aromatic rings. The van der Waals surface area contributed by atoms with E-state index in [4.69, 9.17) is 11.6 Å². The molecule has 1 aromatic carbocycles. The van der Waals surface area contributed by atoms with Crippen LogP contribution in [0.15, 0.2) is 59.9 Å². The summed E-state index contributed by atoms with van der Waals surface area (Å²) >= 11 is 7.36. The summed E-state index contributed by atoms with van der Waals surface area (Å²) in [5.41, 5.74) is 2.53. The van der Waals surface area contributed by atoms with E-state index in [0.29, 0.717) is 5.65 Å². The second-order valence-electron chi connectivity index (χ2n) is 4.61. The van der Waals surface area contributed by atoms with Crippen molar-refractivity contribution >= 4 is 34.6 Å². The summed E-state index contributed by atoms with van der Waals surface area (Å²) in [4.78, 5) is 12.4. The number of halogens is 1. The molecule has 1 N–H and O–H groups in total. The van der Waals surface area contributed by atoms with E-state index in [9.17, 15) is 0 Å². The highest BCUT2D eigenvalue weighted by Gasteiger charge is 2.11. The van der Waals surface area contributed by atoms with Crippen molar-refractivity contribution in [2.24, 2.45) is 0 Å². The average molecular weight is 328 g/mol. The molecule has 0 amide bonds. The number of fused-ring (bicyclic) bond motifs is 1. The Balaban J connectivity index is 1.68. The lowest BCUT2D eigenvalue weighted by Gasteiger charge is -1.99. The Hall–Kier alpha value is -2.31. The SMILES string of the molecule is Clc1ncc2c(-c3ccn(Sc4ccccc4)n3)c[nH]c2n1. The van der Waals surface area contributed by atoms with Gasteiger partial charge in [-0.2, -0.15) is 10.1 Å². The molecule has 0 aliphatic rings. The molecule has 5 nitrogen and oxygen atoms in total. The summed E-state index contributed by atoms with van der Waals surface area (Å²) in [5.74, 6) is 0. The zero-order chi connectivity index (χ0) is 14.9. The third-order valence-corrected chi connectivity index (χ3v) is 4.24. The number of nitrogens with zero attached hydrogens (tertiary/aromatic N) is 4. The quantitative estimate of drug-likeness (QED) is 0.577. The van der Waals surface area contributed by atoms with Crippen LogP contribution in [-0.2, 0) is 0 Å². The van der Waals surface area contributed by atoms with Crippen LogP contribution in [0.25, 0.3) is 22.3 Å². The van der Waals surface area contributed by atoms with E-state index in [-0.39, 0.29) is 5.28 Å². The molecule has 0 fully saturated rings. The summed E-state index contributed by atoms with van der Waals surface area (Å²) in [6.07, 6.45) is 5.51. The van der Waals surface area contributed by atoms with Crippen LogP contribution >= 0.6 is 23.5 Å². The van der Waals surface area contributed by atoms with Crippen molar-refractivity contribution in [2.45, 2.75) is 4.90 Å². The van der Waals surface area contributed by atoms with Crippen molar-refractivity contribution in [1.82, 2.24) is 24.1 Å². The summed E-state index contributed by atoms with van der Waals surface area (Å²) in [5, 5.41) is 5.72. The Morgan fingerprint density at radius 1 is 1.14 bits per heavy atom. The van der Waals surface area contributed by atoms with E-state index >= 15 is 0 Å². The van der Waals surface area contributed by atoms with E-state index in [2.05, 4.69) is 20.1 Å². The van der Waals surface area contributed by atoms with Gasteiger partial charge in [-0.15, -0.1) is 0 Å². The largest absolute Gasteiger partial charge is 0.345 e. The zero-order valence-corrected chi connectivity index (χ0v) is 12.8. The summed E-state index contributed by atoms with van der Waals surface area (Å²) in [7, 11) is 0. The van der Waals surface area contributed by atoms with Gasteiger partial charge in [-0.05, 0) is 29.8 Å². The first kappa shape index (κ1) is 13.4. The highest BCUT2D eigenvalue weighted by Crippen LogP contribution is 2.28. The lowest BCUT2D eigenvalue weighted by atomic mass is 10.2. The van der Waals surface area contributed by atoms with Crippen molar-refractivity contribution in [1.29, 1.82) is 0 Å². The van der Waals surface area contributed by atoms with Gasteiger partial charge in [-0.3, -0.25) is 0 Å². The Labute approximate surface area is 135 Å². The Kier molecular flexibility index (Phi) is 3.32. The molecular formula is C15H10ClN5S. The molecule has 0 bridgehead atoms. The molecule has 0 unspecified atom stereocenters. The monoisotopic (exact) mass is 327 g/mol. The maximum atomic E-state index is 5.80. The minimum atomic E-state index is 0.228. The molecule has 3 aromatic heterocycles. The first-order chi connectivity index (χ1) is 10.8. The van der Waals surface area contributed by atoms with Gasteiger partial charge in [0.25, 0.3) is 0 Å². The summed E-state index contributed by atoms with van der Waals surface area (Å²) in [6.45, 7) is 0. The van der Waals surface area contributed by atoms with Crippen molar-refractivity contribution in [3.63, 3.8) is 0 Å². The van der Waals surface area contributed by atoms with E-state index in [1.165, 1.54) is 0 Å². The minimum absolute atomic E-state index is 0.228. The first-order valence-corrected chi connectivity index (χ1v) is 7.74. The van der Waals surface area contributed by atoms with Crippen LogP contribution in [0.3, 0.4) is 0 Å². The van der Waals surface area contributed by atoms with Gasteiger partial charge < -0.3 is 4.98 Å². The van der Waals surface area contributed by atoms with Crippen molar-refractivity contribution < 1.29 is 0 Å². The van der Waals surface area contributed by atoms with Gasteiger partial charge in [0, 0.05) is 46.4 Å². The van der Waals surface area contributed by atoms with Crippen LogP contribution in [0.4, 0.5) is 0 Å². The number of H-pyrrole nitrogens is 1. The van der Waals surface area contributed by atoms with E-state index in [1.807, 2.05) is 52.9 Å². The highest BCUT2D eigenvalue weighted by atomic mass is 35.5. The fourth-order valence-electron chi connectivity index (χ4n) is 2.19. The minimum Gasteiger partial charge on any atom is -0.345 e. The molecule has 108 valence electrons. The second-order valence-corrected chi connectivity index (χ2v) is 5.98. The molecule has 0 radical (unpaired) electrons. The van der Waals surface area contributed by atoms with Gasteiger partial charge in [0.2, 0.25) is 5.28 Å². The van der Waals surface area contributed by atoms with Gasteiger partial charge in [0.15, 0.2) is 0 Å². The normalized spacial score (nSPS) is 11.1. The molecule has 0 saturated carbocycles. The molecule has 0 saturated heterocycles. The Morgan fingerprint density at radius 3 is 2.86 bits per heavy atom. The van der Waals surface area contributed by atoms with Crippen LogP contribution < -0.4 is 0 Å². The lowest BCUT2D eigenvalue weighted by Crippen LogP contribution is -1.88. The van der Waals surface area contributed by atoms with E-state index in [0.717, 1.165) is 21.5 Å². The van der Waals surface area contributed by atoms with Gasteiger partial charge in [-0.1, -0.05) is 18.2 Å². The molecule has 0 spiro atoms. The fourth-order valence-corrected chi connectivity index (χ4v) is 3.07. The van der Waals surface area contributed by atoms with Crippen molar-refractivity contribution in [2.75, 3.05) is 0 Å². The van der Waals surface area contributed by atoms with Crippen LogP contribution in [0, 0.1) is 0 Å². The maximum Gasteiger partial charge on any atom is 0.224 e. The molecule has 0 aliphatic carbocycles. The molecule has 7 heteroatoms. The predicted octanol–water partition coefficient (Wildman–Crippen LogP) is 4.03. The summed E-state index contributed by atoms with van der Waals surface area (Å²) in [6, 6.07) is 12.1. The van der Waals surface area contributed by atoms with E-state index in [1.54, 1.807) is 18.1 Å². The first-order valence-electron chi connectivity index (χ1n) is 6.59. The average Bonchev–Trinajstić information content (AvgIpc) is 3.14. The summed E-state index contributed by atoms with van der Waals surface area (Å²) < 4.78 is 1.83. The predicted molar refractivity (Wildman–Crippen MR) is 87.8 cm³/mol. The molecule has 3 heterocycles. The van der Waals surface area contributed by atoms with Crippen LogP contribution in [-0.4, -0.2) is 24.1 Å². The van der Waals surface area contributed by atoms with Gasteiger partial charge in [0.05, 0.1) is 5.69 Å². The van der Waals surface area contributed by atoms with Crippen molar-refractivity contribution in [3.05, 3.63) is 60.3 Å². The molecule has 0 atom stereocenters. The van der Waals surface area contributed by atoms with Gasteiger partial charge in [-0.25, -0.2) is 9.07 Å². The second kappa shape index (κ2) is 5.47. The Bertz CT molecular complexity index is 931. The Morgan fingerprint density at radius 2 is 2.00 bits per heavy atom. The van der Waals surface area contributed by atoms with Gasteiger partial charge in [0.1, 0.15) is 5.65 Å². The van der Waals surface area contributed by atoms with Crippen molar-refractivity contribution in [3.8, 4) is 11.3 Å². The number of rotatable bonds is 3. The number of nitrogens with one attached hydrogen (secondary N) is 1. The molecule has 0 aliphatic heterocycles. The topological polar surface area (TPSA) is 59.4 Å². The van der Waals surface area contributed by atoms with Crippen LogP contribution in [0.1, 0.15) is 0 Å². The number of benzene rings is 1. The number of aromatic amines is 1. The lowest BCUT2D eigenvalue weighted by molar-refractivity contribution is 1.01. The third kappa shape index (κ3) is 2.47. The third-order valence-electron chi connectivity index (χ3n) is 3.19. The number of hydrogen-bond donors (Lipinski definition) is 1. The molecular weight excluding hydrogens is 318 g/mol. The van der Waals surface area contributed by atoms with Crippen LogP contribution in [0.5, 0.6) is 0 Å². The zero-order valence-electron chi connectivity index (χ0n) is 11.3. The molecule has 22 heavy (non-hydrogen) atoms. The molecule has 4 rings (SSSR count). The number of hydrogen-bond acceptors (Lipinski definition) is 4. The van der Waals surface area contributed by atoms with Crippen LogP contribution in [0.2, 0.25) is 5.28 Å². The number of aromatic nitrogens is 5. The maximum absolute atomic E-state index is 5.80. The van der Waals surface area contributed by atoms with E-state index < -0.39 is 0 Å². The fraction of sp³-hybridized carbons (Fsp3) is 0. The smallest absolute Gasteiger partial charge is 0.224 e. The van der Waals surface area contributed by atoms with Gasteiger partial charge >= 0.3 is 0 Å². The highest BCUT2D eigenvalue weighted by molar-refractivity contribution is 7.97.